The number of rotatable bonds is 4. The number of piperazine rings is 1. The van der Waals surface area contributed by atoms with Crippen LogP contribution in [0.3, 0.4) is 0 Å². The zero-order chi connectivity index (χ0) is 30.3. The van der Waals surface area contributed by atoms with E-state index >= 15 is 0 Å². The van der Waals surface area contributed by atoms with Gasteiger partial charge in [0.2, 0.25) is 17.7 Å². The zero-order valence-electron chi connectivity index (χ0n) is 25.7. The average Bonchev–Trinajstić information content (AvgIpc) is 3.27. The third-order valence-electron chi connectivity index (χ3n) is 8.22. The van der Waals surface area contributed by atoms with Crippen LogP contribution in [0.1, 0.15) is 66.5 Å². The highest BCUT2D eigenvalue weighted by molar-refractivity contribution is 8.00. The standard InChI is InChI=1S/C33H41N5O3S/c1-21-12-13-26(23(3)18-21)38-32-29(31(34-38)33(5,6)7)30(25-11-9-8-10-22(25)2)42-20-28(41)37(32)19-27(40)36-16-14-35(15-17-36)24(4)39/h8-13,18,30H,14-17,19-20H2,1-7H3/t30-/m1/s1. The van der Waals surface area contributed by atoms with E-state index in [1.807, 2.05) is 16.8 Å². The number of carbonyl (C=O) groups is 3. The van der Waals surface area contributed by atoms with E-state index in [0.29, 0.717) is 32.0 Å². The molecule has 42 heavy (non-hydrogen) atoms. The van der Waals surface area contributed by atoms with Crippen molar-refractivity contribution < 1.29 is 14.4 Å². The Morgan fingerprint density at radius 2 is 1.62 bits per heavy atom. The van der Waals surface area contributed by atoms with Crippen LogP contribution >= 0.6 is 11.8 Å². The van der Waals surface area contributed by atoms with E-state index in [0.717, 1.165) is 39.2 Å². The van der Waals surface area contributed by atoms with E-state index < -0.39 is 0 Å². The summed E-state index contributed by atoms with van der Waals surface area (Å²) in [4.78, 5) is 44.8. The van der Waals surface area contributed by atoms with Gasteiger partial charge in [0.25, 0.3) is 0 Å². The Bertz CT molecular complexity index is 1530. The van der Waals surface area contributed by atoms with Gasteiger partial charge in [-0.1, -0.05) is 62.7 Å². The Hall–Kier alpha value is -3.59. The summed E-state index contributed by atoms with van der Waals surface area (Å²) in [5.41, 5.74) is 6.97. The molecule has 1 saturated heterocycles. The van der Waals surface area contributed by atoms with Gasteiger partial charge in [-0.15, -0.1) is 11.8 Å². The maximum absolute atomic E-state index is 14.0. The fraction of sp³-hybridized carbons (Fsp3) is 0.455. The Labute approximate surface area is 253 Å². The van der Waals surface area contributed by atoms with Crippen LogP contribution < -0.4 is 4.90 Å². The lowest BCUT2D eigenvalue weighted by molar-refractivity contribution is -0.137. The van der Waals surface area contributed by atoms with Gasteiger partial charge in [-0.05, 0) is 43.5 Å². The van der Waals surface area contributed by atoms with E-state index in [2.05, 4.69) is 71.9 Å². The molecule has 0 saturated carbocycles. The average molecular weight is 588 g/mol. The molecule has 0 unspecified atom stereocenters. The van der Waals surface area contributed by atoms with Crippen molar-refractivity contribution in [3.05, 3.63) is 76.0 Å². The van der Waals surface area contributed by atoms with Crippen LogP contribution in [0.5, 0.6) is 0 Å². The second-order valence-electron chi connectivity index (χ2n) is 12.5. The van der Waals surface area contributed by atoms with Gasteiger partial charge < -0.3 is 9.80 Å². The van der Waals surface area contributed by atoms with Crippen LogP contribution in [0.15, 0.2) is 42.5 Å². The monoisotopic (exact) mass is 587 g/mol. The fourth-order valence-corrected chi connectivity index (χ4v) is 7.21. The summed E-state index contributed by atoms with van der Waals surface area (Å²) in [6.07, 6.45) is 0. The summed E-state index contributed by atoms with van der Waals surface area (Å²) >= 11 is 1.60. The van der Waals surface area contributed by atoms with Crippen molar-refractivity contribution in [2.75, 3.05) is 43.4 Å². The number of aromatic nitrogens is 2. The van der Waals surface area contributed by atoms with Crippen LogP contribution in [0.4, 0.5) is 5.82 Å². The fourth-order valence-electron chi connectivity index (χ4n) is 5.92. The SMILES string of the molecule is CC(=O)N1CCN(C(=O)CN2C(=O)CS[C@H](c3ccccc3C)c3c(C(C)(C)C)nn(-c4ccc(C)cc4C)c32)CC1. The lowest BCUT2D eigenvalue weighted by Crippen LogP contribution is -2.53. The van der Waals surface area contributed by atoms with Gasteiger partial charge >= 0.3 is 0 Å². The highest BCUT2D eigenvalue weighted by Gasteiger charge is 2.41. The lowest BCUT2D eigenvalue weighted by atomic mass is 9.86. The molecule has 2 aliphatic heterocycles. The first-order valence-electron chi connectivity index (χ1n) is 14.6. The van der Waals surface area contributed by atoms with Crippen molar-refractivity contribution in [2.45, 2.75) is 59.1 Å². The Morgan fingerprint density at radius 1 is 0.952 bits per heavy atom. The van der Waals surface area contributed by atoms with Gasteiger partial charge in [0.15, 0.2) is 0 Å². The van der Waals surface area contributed by atoms with Gasteiger partial charge in [0.1, 0.15) is 12.4 Å². The number of carbonyl (C=O) groups excluding carboxylic acids is 3. The summed E-state index contributed by atoms with van der Waals surface area (Å²) in [6, 6.07) is 14.6. The van der Waals surface area contributed by atoms with E-state index in [1.54, 1.807) is 33.4 Å². The van der Waals surface area contributed by atoms with Crippen molar-refractivity contribution in [1.82, 2.24) is 19.6 Å². The van der Waals surface area contributed by atoms with Crippen LogP contribution in [0, 0.1) is 20.8 Å². The summed E-state index contributed by atoms with van der Waals surface area (Å²) in [7, 11) is 0. The number of hydrogen-bond acceptors (Lipinski definition) is 5. The van der Waals surface area contributed by atoms with Crippen molar-refractivity contribution >= 4 is 35.3 Å². The molecule has 2 aromatic carbocycles. The minimum Gasteiger partial charge on any atom is -0.339 e. The third kappa shape index (κ3) is 5.71. The zero-order valence-corrected chi connectivity index (χ0v) is 26.5. The van der Waals surface area contributed by atoms with Crippen LogP contribution in [-0.4, -0.2) is 75.8 Å². The number of anilines is 1. The van der Waals surface area contributed by atoms with E-state index in [-0.39, 0.29) is 40.7 Å². The smallest absolute Gasteiger partial charge is 0.242 e. The van der Waals surface area contributed by atoms with Crippen LogP contribution in [0.25, 0.3) is 5.69 Å². The molecule has 0 bridgehead atoms. The first-order chi connectivity index (χ1) is 19.9. The Morgan fingerprint density at radius 3 is 2.24 bits per heavy atom. The molecule has 8 nitrogen and oxygen atoms in total. The number of hydrogen-bond donors (Lipinski definition) is 0. The molecule has 3 amide bonds. The highest BCUT2D eigenvalue weighted by atomic mass is 32.2. The minimum atomic E-state index is -0.318. The van der Waals surface area contributed by atoms with Crippen molar-refractivity contribution in [3.8, 4) is 5.69 Å². The molecule has 0 spiro atoms. The molecule has 3 heterocycles. The number of thioether (sulfide) groups is 1. The van der Waals surface area contributed by atoms with Crippen molar-refractivity contribution in [3.63, 3.8) is 0 Å². The second kappa shape index (κ2) is 11.6. The maximum Gasteiger partial charge on any atom is 0.242 e. The Kier molecular flexibility index (Phi) is 8.25. The summed E-state index contributed by atoms with van der Waals surface area (Å²) in [6.45, 7) is 16.1. The highest BCUT2D eigenvalue weighted by Crippen LogP contribution is 2.49. The number of amides is 3. The molecular formula is C33H41N5O3S. The second-order valence-corrected chi connectivity index (χ2v) is 13.5. The van der Waals surface area contributed by atoms with Gasteiger partial charge in [-0.2, -0.15) is 5.10 Å². The van der Waals surface area contributed by atoms with Gasteiger partial charge in [-0.25, -0.2) is 4.68 Å². The number of fused-ring (bicyclic) bond motifs is 1. The van der Waals surface area contributed by atoms with E-state index in [9.17, 15) is 14.4 Å². The first kappa shape index (κ1) is 29.9. The quantitative estimate of drug-likeness (QED) is 0.432. The Balaban J connectivity index is 1.68. The molecule has 0 radical (unpaired) electrons. The molecule has 2 aliphatic rings. The molecule has 9 heteroatoms. The molecule has 1 fully saturated rings. The number of aryl methyl sites for hydroxylation is 3. The summed E-state index contributed by atoms with van der Waals surface area (Å²) < 4.78 is 1.90. The summed E-state index contributed by atoms with van der Waals surface area (Å²) in [5.74, 6) is 0.698. The predicted molar refractivity (Wildman–Crippen MR) is 168 cm³/mol. The molecule has 0 aliphatic carbocycles. The van der Waals surface area contributed by atoms with Crippen molar-refractivity contribution in [1.29, 1.82) is 0 Å². The van der Waals surface area contributed by atoms with E-state index in [4.69, 9.17) is 5.10 Å². The first-order valence-corrected chi connectivity index (χ1v) is 15.6. The maximum atomic E-state index is 14.0. The molecule has 222 valence electrons. The largest absolute Gasteiger partial charge is 0.339 e. The molecule has 5 rings (SSSR count). The topological polar surface area (TPSA) is 78.8 Å². The predicted octanol–water partition coefficient (Wildman–Crippen LogP) is 4.95. The molecule has 1 atom stereocenters. The van der Waals surface area contributed by atoms with Gasteiger partial charge in [0.05, 0.1) is 22.4 Å². The molecule has 3 aromatic rings. The summed E-state index contributed by atoms with van der Waals surface area (Å²) in [5, 5.41) is 5.12. The molecular weight excluding hydrogens is 546 g/mol. The van der Waals surface area contributed by atoms with E-state index in [1.165, 1.54) is 0 Å². The van der Waals surface area contributed by atoms with Gasteiger partial charge in [0, 0.05) is 44.1 Å². The van der Waals surface area contributed by atoms with Gasteiger partial charge in [-0.3, -0.25) is 19.3 Å². The normalized spacial score (nSPS) is 17.7. The lowest BCUT2D eigenvalue weighted by Gasteiger charge is -2.35. The third-order valence-corrected chi connectivity index (χ3v) is 9.46. The van der Waals surface area contributed by atoms with Crippen LogP contribution in [0.2, 0.25) is 0 Å². The molecule has 1 aromatic heterocycles. The molecule has 0 N–H and O–H groups in total. The minimum absolute atomic E-state index is 0.0146. The van der Waals surface area contributed by atoms with Crippen molar-refractivity contribution in [2.24, 2.45) is 0 Å². The number of nitrogens with zero attached hydrogens (tertiary/aromatic N) is 5. The number of benzene rings is 2. The van der Waals surface area contributed by atoms with Crippen LogP contribution in [-0.2, 0) is 19.8 Å².